The van der Waals surface area contributed by atoms with Gasteiger partial charge in [-0.25, -0.2) is 8.42 Å². The van der Waals surface area contributed by atoms with E-state index < -0.39 is 9.84 Å². The third-order valence-corrected chi connectivity index (χ3v) is 27.6. The van der Waals surface area contributed by atoms with Crippen LogP contribution in [0.25, 0.3) is 117 Å². The monoisotopic (exact) mass is 2370 g/mol. The molecule has 140 heavy (non-hydrogen) atoms. The van der Waals surface area contributed by atoms with Crippen molar-refractivity contribution >= 4 is 71.5 Å². The minimum absolute atomic E-state index is 0. The molecule has 6 aliphatic rings. The molecule has 16 aromatic carbocycles. The molecule has 2 aliphatic carbocycles. The molecule has 690 valence electrons. The van der Waals surface area contributed by atoms with E-state index in [-0.39, 0.29) is 71.3 Å². The van der Waals surface area contributed by atoms with Gasteiger partial charge in [0.1, 0.15) is 5.89 Å². The number of oxazole rings is 1. The van der Waals surface area contributed by atoms with Gasteiger partial charge in [-0.1, -0.05) is 198 Å². The van der Waals surface area contributed by atoms with Crippen LogP contribution in [0.2, 0.25) is 0 Å². The number of aryl methyl sites for hydroxylation is 3. The van der Waals surface area contributed by atoms with Gasteiger partial charge in [0.05, 0.1) is 39.2 Å². The average Bonchev–Trinajstić information content (AvgIpc) is 1.50. The number of hydrogen-bond acceptors (Lipinski definition) is 12. The van der Waals surface area contributed by atoms with Gasteiger partial charge in [-0.15, -0.1) is 124 Å². The van der Waals surface area contributed by atoms with Crippen LogP contribution in [-0.2, 0) is 88.2 Å². The predicted octanol–water partition coefficient (Wildman–Crippen LogP) is 27.5. The maximum Gasteiger partial charge on any atom is 3.00 e. The van der Waals surface area contributed by atoms with Gasteiger partial charge in [-0.05, 0) is 173 Å². The van der Waals surface area contributed by atoms with Crippen molar-refractivity contribution in [1.29, 1.82) is 0 Å². The molecule has 15 nitrogen and oxygen atoms in total. The Hall–Kier alpha value is -14.6. The van der Waals surface area contributed by atoms with Crippen molar-refractivity contribution < 1.29 is 73.2 Å². The van der Waals surface area contributed by atoms with Crippen molar-refractivity contribution in [2.24, 2.45) is 7.05 Å². The number of para-hydroxylation sites is 6. The molecule has 8 heterocycles. The van der Waals surface area contributed by atoms with Crippen LogP contribution in [-0.4, -0.2) is 63.3 Å². The second-order valence-corrected chi connectivity index (χ2v) is 37.4. The van der Waals surface area contributed by atoms with Crippen LogP contribution >= 0.6 is 0 Å². The van der Waals surface area contributed by atoms with Gasteiger partial charge in [0.2, 0.25) is 9.84 Å². The zero-order valence-electron chi connectivity index (χ0n) is 78.3. The number of anilines is 7. The second kappa shape index (κ2) is 40.4. The number of fused-ring (bicyclic) bond motifs is 18. The molecule has 0 saturated carbocycles. The molecule has 0 amide bonds. The normalized spacial score (nSPS) is 13.4. The summed E-state index contributed by atoms with van der Waals surface area (Å²) >= 11 is 0. The molecule has 19 heteroatoms. The Labute approximate surface area is 859 Å². The quantitative estimate of drug-likeness (QED) is 0.128. The largest absolute Gasteiger partial charge is 3.00 e. The van der Waals surface area contributed by atoms with Gasteiger partial charge >= 0.3 is 60.3 Å². The standard InChI is InChI=1S/C39H26N2.C30H27N3.C22H16N2O2S.C11H11N2.C10H9N2.C9H6NO.3Ir/c1-40-25-41(38-17-9-8-16-37(38)40)28-21-18-26(19-22-28)27-20-23-32-31-12-4-7-15-35(31)39(36(32)24-27)33-13-5-2-10-29(33)30-11-3-6-14-34(30)39;1-30(2,3)33-26-10-6-5-9-24(26)25-18-15-22(19-29(25)33)21-13-16-23(17-14-21)32-20-31(4)27-11-7-8-12-28(27)32;1-23-12-13-24(15-23)18-9-6-16(7-10-18)17-8-11-20-19-4-2-3-5-21(19)27(25,26)22(20)14-17;1-9-8-10(2)13(12-9)11-6-4-3-5-7-11;1-12-8-7-11-10(12)9-5-3-2-4-6-9;1-2-4-8(5-3-1)9-10-6-7-11-9;;;/h2-21,23-25H,1H3;5-16,18-20H,1-4H3;2-9,11-15H,1H3;3-6,8H,1-2H3;2-5,7-8H,1H3;1-4,6-7H;;;/q3*-2;3*-1;3*+3. The molecule has 4 aliphatic heterocycles. The van der Waals surface area contributed by atoms with Gasteiger partial charge in [-0.3, -0.25) is 14.6 Å². The van der Waals surface area contributed by atoms with Crippen LogP contribution in [0.4, 0.5) is 39.8 Å². The first-order chi connectivity index (χ1) is 66.8. The third kappa shape index (κ3) is 18.1. The minimum atomic E-state index is -3.46. The van der Waals surface area contributed by atoms with E-state index in [1.54, 1.807) is 36.9 Å². The van der Waals surface area contributed by atoms with E-state index in [1.807, 2.05) is 188 Å². The molecular formula is C121H95Ir3N12O3S. The molecular weight excluding hydrogens is 2280 g/mol. The summed E-state index contributed by atoms with van der Waals surface area (Å²) < 4.78 is 37.2. The Balaban J connectivity index is 0.000000118. The van der Waals surface area contributed by atoms with Crippen molar-refractivity contribution in [2.45, 2.75) is 55.4 Å². The smallest absolute Gasteiger partial charge is 0.510 e. The Morgan fingerprint density at radius 3 is 1.38 bits per heavy atom. The summed E-state index contributed by atoms with van der Waals surface area (Å²) in [5.41, 5.74) is 34.0. The summed E-state index contributed by atoms with van der Waals surface area (Å²) in [5.74, 6) is 1.57. The van der Waals surface area contributed by atoms with Crippen molar-refractivity contribution in [3.63, 3.8) is 0 Å². The van der Waals surface area contributed by atoms with E-state index in [2.05, 4.69) is 348 Å². The molecule has 0 radical (unpaired) electrons. The molecule has 26 rings (SSSR count). The van der Waals surface area contributed by atoms with Crippen LogP contribution < -0.4 is 24.5 Å². The number of imidazole rings is 1. The zero-order valence-corrected chi connectivity index (χ0v) is 86.3. The molecule has 4 aromatic heterocycles. The summed E-state index contributed by atoms with van der Waals surface area (Å²) in [7, 11) is 4.65. The second-order valence-electron chi connectivity index (χ2n) is 35.5. The van der Waals surface area contributed by atoms with E-state index >= 15 is 0 Å². The molecule has 0 saturated heterocycles. The van der Waals surface area contributed by atoms with Crippen molar-refractivity contribution in [3.8, 4) is 95.3 Å². The molecule has 0 fully saturated rings. The minimum Gasteiger partial charge on any atom is -0.510 e. The zero-order chi connectivity index (χ0) is 93.6. The summed E-state index contributed by atoms with van der Waals surface area (Å²) in [6.45, 7) is 17.1. The number of benzene rings is 16. The number of rotatable bonds is 9. The molecule has 1 spiro atoms. The van der Waals surface area contributed by atoms with E-state index in [4.69, 9.17) is 4.42 Å². The van der Waals surface area contributed by atoms with Crippen molar-refractivity contribution in [2.75, 3.05) is 45.6 Å². The first kappa shape index (κ1) is 95.7. The Morgan fingerprint density at radius 2 is 0.864 bits per heavy atom. The SMILES string of the molecule is CN1C=CN(c2[c-]cc(-c3ccc4c(c3)S(=O)(=O)c3ccccc3-4)cc2)[CH-]1.CN1[CH-]N(c2[c-]cc(-c3ccc4c(c3)C3(c5ccccc5-c5ccccc53)c3ccccc3-4)cc2)c2ccccc21.CN1[CH-]N(c2[c-]cc(-c3ccc4c5ccccc5n(C(C)(C)C)c4c3)cc2)c2ccccc21.Cc1cc(C)n(-c2[c-]cccc2)n1.Cn1ccnc1-c1[c-]cccc1.[Ir+3].[Ir+3].[Ir+3].[c-]1ccccc1-c1ncco1. The average molecular weight is 2370 g/mol. The van der Waals surface area contributed by atoms with Gasteiger partial charge in [0, 0.05) is 86.4 Å². The summed E-state index contributed by atoms with van der Waals surface area (Å²) in [4.78, 5) is 21.6. The molecule has 0 unspecified atom stereocenters. The van der Waals surface area contributed by atoms with Crippen LogP contribution in [0, 0.1) is 70.3 Å². The summed E-state index contributed by atoms with van der Waals surface area (Å²) in [5, 5.41) is 6.98. The van der Waals surface area contributed by atoms with Gasteiger partial charge in [-0.2, -0.15) is 104 Å². The van der Waals surface area contributed by atoms with E-state index in [1.165, 1.54) is 111 Å². The Bertz CT molecular complexity index is 7940. The molecule has 0 bridgehead atoms. The predicted molar refractivity (Wildman–Crippen MR) is 554 cm³/mol. The van der Waals surface area contributed by atoms with Crippen LogP contribution in [0.5, 0.6) is 0 Å². The topological polar surface area (TPSA) is 120 Å². The first-order valence-electron chi connectivity index (χ1n) is 45.6. The van der Waals surface area contributed by atoms with E-state index in [0.29, 0.717) is 15.7 Å². The number of aromatic nitrogens is 6. The van der Waals surface area contributed by atoms with Crippen LogP contribution in [0.1, 0.15) is 54.4 Å². The van der Waals surface area contributed by atoms with E-state index in [9.17, 15) is 8.42 Å². The number of sulfone groups is 1. The van der Waals surface area contributed by atoms with E-state index in [0.717, 1.165) is 73.3 Å². The van der Waals surface area contributed by atoms with Crippen molar-refractivity contribution in [1.82, 2.24) is 33.8 Å². The van der Waals surface area contributed by atoms with Gasteiger partial charge in [0.15, 0.2) is 0 Å². The fourth-order valence-electron chi connectivity index (χ4n) is 19.5. The third-order valence-electron chi connectivity index (χ3n) is 25.7. The van der Waals surface area contributed by atoms with Gasteiger partial charge < -0.3 is 43.0 Å². The van der Waals surface area contributed by atoms with Gasteiger partial charge in [0.25, 0.3) is 0 Å². The van der Waals surface area contributed by atoms with Crippen LogP contribution in [0.3, 0.4) is 0 Å². The summed E-state index contributed by atoms with van der Waals surface area (Å²) in [6.07, 6.45) is 10.8. The Morgan fingerprint density at radius 1 is 0.386 bits per heavy atom. The fraction of sp³-hybridized carbons (Fsp3) is 0.0909. The van der Waals surface area contributed by atoms with Crippen molar-refractivity contribution in [3.05, 3.63) is 485 Å². The number of nitrogens with zero attached hydrogens (tertiary/aromatic N) is 12. The molecule has 0 N–H and O–H groups in total. The molecule has 0 atom stereocenters. The maximum absolute atomic E-state index is 12.9. The fourth-order valence-corrected chi connectivity index (χ4v) is 21.2. The molecule has 20 aromatic rings. The van der Waals surface area contributed by atoms with Crippen LogP contribution in [0.15, 0.2) is 409 Å². The first-order valence-corrected chi connectivity index (χ1v) is 47.1. The Kier molecular flexibility index (Phi) is 27.6. The maximum atomic E-state index is 12.9. The summed E-state index contributed by atoms with van der Waals surface area (Å²) in [6, 6.07) is 143. The number of hydrogen-bond donors (Lipinski definition) is 0.